The number of carboxylic acid groups (broad SMARTS) is 2. The number of hydrogen-bond donors (Lipinski definition) is 3. The Morgan fingerprint density at radius 3 is 2.47 bits per heavy atom. The van der Waals surface area contributed by atoms with Crippen LogP contribution in [0.1, 0.15) is 16.8 Å². The van der Waals surface area contributed by atoms with E-state index in [2.05, 4.69) is 21.2 Å². The van der Waals surface area contributed by atoms with Gasteiger partial charge in [-0.15, -0.1) is 0 Å². The van der Waals surface area contributed by atoms with Gasteiger partial charge >= 0.3 is 11.9 Å². The molecule has 102 valence electrons. The van der Waals surface area contributed by atoms with Crippen LogP contribution >= 0.6 is 27.5 Å². The van der Waals surface area contributed by atoms with Gasteiger partial charge in [-0.3, -0.25) is 9.59 Å². The number of nitrogens with one attached hydrogen (secondary N) is 1. The van der Waals surface area contributed by atoms with E-state index in [0.717, 1.165) is 0 Å². The molecular formula is C11H9BrClNO5. The van der Waals surface area contributed by atoms with Crippen molar-refractivity contribution in [3.05, 3.63) is 33.3 Å². The van der Waals surface area contributed by atoms with Gasteiger partial charge in [-0.25, -0.2) is 4.79 Å². The molecule has 0 fully saturated rings. The van der Waals surface area contributed by atoms with Crippen LogP contribution in [0.5, 0.6) is 0 Å². The van der Waals surface area contributed by atoms with E-state index in [1.807, 2.05) is 0 Å². The maximum atomic E-state index is 11.8. The summed E-state index contributed by atoms with van der Waals surface area (Å²) < 4.78 is 0.479. The van der Waals surface area contributed by atoms with Gasteiger partial charge < -0.3 is 15.5 Å². The Morgan fingerprint density at radius 1 is 1.32 bits per heavy atom. The minimum atomic E-state index is -1.51. The Labute approximate surface area is 121 Å². The molecule has 0 spiro atoms. The molecule has 1 amide bonds. The van der Waals surface area contributed by atoms with Gasteiger partial charge in [-0.1, -0.05) is 17.7 Å². The fourth-order valence-corrected chi connectivity index (χ4v) is 1.87. The fourth-order valence-electron chi connectivity index (χ4n) is 1.29. The fraction of sp³-hybridized carbons (Fsp3) is 0.182. The molecule has 1 atom stereocenters. The number of carbonyl (C=O) groups is 3. The Kier molecular flexibility index (Phi) is 5.31. The van der Waals surface area contributed by atoms with Crippen molar-refractivity contribution in [2.45, 2.75) is 12.5 Å². The third-order valence-electron chi connectivity index (χ3n) is 2.18. The molecule has 0 unspecified atom stereocenters. The van der Waals surface area contributed by atoms with Crippen molar-refractivity contribution < 1.29 is 24.6 Å². The topological polar surface area (TPSA) is 104 Å². The van der Waals surface area contributed by atoms with Gasteiger partial charge in [0.05, 0.1) is 17.0 Å². The first-order valence-electron chi connectivity index (χ1n) is 5.02. The van der Waals surface area contributed by atoms with Gasteiger partial charge in [-0.2, -0.15) is 0 Å². The molecule has 0 aliphatic heterocycles. The second kappa shape index (κ2) is 6.53. The maximum Gasteiger partial charge on any atom is 0.326 e. The van der Waals surface area contributed by atoms with Crippen molar-refractivity contribution in [3.8, 4) is 0 Å². The number of carboxylic acids is 2. The monoisotopic (exact) mass is 349 g/mol. The van der Waals surface area contributed by atoms with Gasteiger partial charge in [0.2, 0.25) is 0 Å². The molecule has 0 saturated heterocycles. The van der Waals surface area contributed by atoms with Crippen molar-refractivity contribution in [3.63, 3.8) is 0 Å². The van der Waals surface area contributed by atoms with E-state index in [4.69, 9.17) is 21.8 Å². The SMILES string of the molecule is O=C(O)C[C@H](NC(=O)c1cccc(Br)c1Cl)C(=O)O. The van der Waals surface area contributed by atoms with Crippen LogP contribution in [0.15, 0.2) is 22.7 Å². The third kappa shape index (κ3) is 4.22. The van der Waals surface area contributed by atoms with Crippen LogP contribution in [0.3, 0.4) is 0 Å². The van der Waals surface area contributed by atoms with Crippen LogP contribution in [-0.4, -0.2) is 34.1 Å². The average Bonchev–Trinajstić information content (AvgIpc) is 2.31. The van der Waals surface area contributed by atoms with Crippen molar-refractivity contribution >= 4 is 45.4 Å². The number of halogens is 2. The molecule has 0 radical (unpaired) electrons. The molecule has 1 rings (SSSR count). The van der Waals surface area contributed by atoms with Crippen molar-refractivity contribution in [1.82, 2.24) is 5.32 Å². The lowest BCUT2D eigenvalue weighted by Gasteiger charge is -2.13. The quantitative estimate of drug-likeness (QED) is 0.751. The summed E-state index contributed by atoms with van der Waals surface area (Å²) in [6.45, 7) is 0. The maximum absolute atomic E-state index is 11.8. The first kappa shape index (κ1) is 15.5. The predicted molar refractivity (Wildman–Crippen MR) is 70.3 cm³/mol. The molecule has 0 aromatic heterocycles. The molecule has 0 aliphatic rings. The molecule has 8 heteroatoms. The van der Waals surface area contributed by atoms with Crippen LogP contribution in [-0.2, 0) is 9.59 Å². The Bertz CT molecular complexity index is 534. The summed E-state index contributed by atoms with van der Waals surface area (Å²) >= 11 is 9.01. The minimum Gasteiger partial charge on any atom is -0.481 e. The number of benzene rings is 1. The van der Waals surface area contributed by atoms with Crippen LogP contribution in [0.2, 0.25) is 5.02 Å². The highest BCUT2D eigenvalue weighted by molar-refractivity contribution is 9.10. The molecule has 1 aromatic rings. The summed E-state index contributed by atoms with van der Waals surface area (Å²) in [5.74, 6) is -3.50. The zero-order valence-electron chi connectivity index (χ0n) is 9.39. The smallest absolute Gasteiger partial charge is 0.326 e. The Hall–Kier alpha value is -1.60. The average molecular weight is 351 g/mol. The van der Waals surface area contributed by atoms with Crippen LogP contribution < -0.4 is 5.32 Å². The summed E-state index contributed by atoms with van der Waals surface area (Å²) in [5.41, 5.74) is 0.0627. The number of hydrogen-bond acceptors (Lipinski definition) is 3. The lowest BCUT2D eigenvalue weighted by atomic mass is 10.1. The van der Waals surface area contributed by atoms with Crippen LogP contribution in [0.4, 0.5) is 0 Å². The zero-order valence-corrected chi connectivity index (χ0v) is 11.7. The molecule has 0 heterocycles. The van der Waals surface area contributed by atoms with Crippen LogP contribution in [0, 0.1) is 0 Å². The van der Waals surface area contributed by atoms with Crippen molar-refractivity contribution in [1.29, 1.82) is 0 Å². The third-order valence-corrected chi connectivity index (χ3v) is 3.47. The van der Waals surface area contributed by atoms with E-state index in [0.29, 0.717) is 4.47 Å². The van der Waals surface area contributed by atoms with E-state index in [-0.39, 0.29) is 10.6 Å². The van der Waals surface area contributed by atoms with Gasteiger partial charge in [-0.05, 0) is 28.1 Å². The number of carbonyl (C=O) groups excluding carboxylic acids is 1. The van der Waals surface area contributed by atoms with Crippen molar-refractivity contribution in [2.75, 3.05) is 0 Å². The first-order valence-corrected chi connectivity index (χ1v) is 6.19. The zero-order chi connectivity index (χ0) is 14.6. The lowest BCUT2D eigenvalue weighted by molar-refractivity contribution is -0.145. The van der Waals surface area contributed by atoms with Crippen LogP contribution in [0.25, 0.3) is 0 Å². The van der Waals surface area contributed by atoms with E-state index in [9.17, 15) is 14.4 Å². The Balaban J connectivity index is 2.91. The highest BCUT2D eigenvalue weighted by Crippen LogP contribution is 2.25. The molecule has 0 bridgehead atoms. The number of rotatable bonds is 5. The summed E-state index contributed by atoms with van der Waals surface area (Å²) in [6.07, 6.45) is -0.716. The molecule has 0 saturated carbocycles. The van der Waals surface area contributed by atoms with E-state index in [1.54, 1.807) is 12.1 Å². The molecular weight excluding hydrogens is 341 g/mol. The second-order valence-electron chi connectivity index (χ2n) is 3.56. The van der Waals surface area contributed by atoms with E-state index < -0.39 is 30.3 Å². The van der Waals surface area contributed by atoms with E-state index in [1.165, 1.54) is 6.07 Å². The highest BCUT2D eigenvalue weighted by atomic mass is 79.9. The summed E-state index contributed by atoms with van der Waals surface area (Å²) in [6, 6.07) is 3.06. The minimum absolute atomic E-state index is 0.0627. The molecule has 3 N–H and O–H groups in total. The normalized spacial score (nSPS) is 11.7. The largest absolute Gasteiger partial charge is 0.481 e. The predicted octanol–water partition coefficient (Wildman–Crippen LogP) is 1.76. The first-order chi connectivity index (χ1) is 8.82. The summed E-state index contributed by atoms with van der Waals surface area (Å²) in [4.78, 5) is 33.2. The van der Waals surface area contributed by atoms with Gasteiger partial charge in [0.1, 0.15) is 6.04 Å². The lowest BCUT2D eigenvalue weighted by Crippen LogP contribution is -2.42. The van der Waals surface area contributed by atoms with Gasteiger partial charge in [0.25, 0.3) is 5.91 Å². The van der Waals surface area contributed by atoms with Crippen molar-refractivity contribution in [2.24, 2.45) is 0 Å². The van der Waals surface area contributed by atoms with Gasteiger partial charge in [0.15, 0.2) is 0 Å². The number of aliphatic carboxylic acids is 2. The second-order valence-corrected chi connectivity index (χ2v) is 4.80. The summed E-state index contributed by atoms with van der Waals surface area (Å²) in [7, 11) is 0. The highest BCUT2D eigenvalue weighted by Gasteiger charge is 2.24. The number of amides is 1. The molecule has 0 aliphatic carbocycles. The molecule has 1 aromatic carbocycles. The molecule has 6 nitrogen and oxygen atoms in total. The standard InChI is InChI=1S/C11H9BrClNO5/c12-6-3-1-2-5(9(6)13)10(17)14-7(11(18)19)4-8(15)16/h1-3,7H,4H2,(H,14,17)(H,15,16)(H,18,19)/t7-/m0/s1. The Morgan fingerprint density at radius 2 is 1.95 bits per heavy atom. The molecule has 19 heavy (non-hydrogen) atoms. The van der Waals surface area contributed by atoms with Gasteiger partial charge in [0, 0.05) is 4.47 Å². The van der Waals surface area contributed by atoms with E-state index >= 15 is 0 Å². The summed E-state index contributed by atoms with van der Waals surface area (Å²) in [5, 5.41) is 19.6.